The van der Waals surface area contributed by atoms with Gasteiger partial charge in [0, 0.05) is 26.2 Å². The zero-order valence-electron chi connectivity index (χ0n) is 6.69. The van der Waals surface area contributed by atoms with Crippen LogP contribution >= 0.6 is 0 Å². The molecule has 0 saturated carbocycles. The summed E-state index contributed by atoms with van der Waals surface area (Å²) in [5, 5.41) is 4.04. The summed E-state index contributed by atoms with van der Waals surface area (Å²) in [7, 11) is 0. The van der Waals surface area contributed by atoms with Crippen molar-refractivity contribution in [2.24, 2.45) is 0 Å². The molecule has 0 bridgehead atoms. The first kappa shape index (κ1) is 8.87. The second-order valence-electron chi connectivity index (χ2n) is 2.93. The molecule has 0 N–H and O–H groups in total. The molecule has 1 atom stereocenters. The van der Waals surface area contributed by atoms with Crippen LogP contribution in [0.15, 0.2) is 0 Å². The largest absolute Gasteiger partial charge is 0.267 e. The van der Waals surface area contributed by atoms with Gasteiger partial charge in [-0.15, -0.1) is 0 Å². The highest BCUT2D eigenvalue weighted by Crippen LogP contribution is 2.17. The second kappa shape index (κ2) is 3.45. The summed E-state index contributed by atoms with van der Waals surface area (Å²) < 4.78 is 25.3. The summed E-state index contributed by atoms with van der Waals surface area (Å²) in [4.78, 5) is 1.50. The average molecular weight is 163 g/mol. The van der Waals surface area contributed by atoms with Crippen molar-refractivity contribution in [3.8, 4) is 0 Å². The van der Waals surface area contributed by atoms with Crippen molar-refractivity contribution >= 4 is 0 Å². The van der Waals surface area contributed by atoms with Gasteiger partial charge in [-0.2, -0.15) is 0 Å². The third kappa shape index (κ3) is 2.10. The number of nitrogens with zero attached hydrogens (tertiary/aromatic N) is 2. The van der Waals surface area contributed by atoms with Gasteiger partial charge in [0.2, 0.25) is 0 Å². The topological polar surface area (TPSA) is 17.3 Å². The van der Waals surface area contributed by atoms with Crippen LogP contribution in [0.3, 0.4) is 0 Å². The van der Waals surface area contributed by atoms with E-state index in [2.05, 4.69) is 5.32 Å². The standard InChI is InChI=1S/C7H13F2N2/c1-7(9,6-8)11-4-2-10-3-5-11/h2-6H2,1H3. The molecule has 1 aliphatic heterocycles. The maximum atomic E-state index is 13.2. The third-order valence-electron chi connectivity index (χ3n) is 1.96. The molecule has 1 unspecified atom stereocenters. The molecule has 11 heavy (non-hydrogen) atoms. The van der Waals surface area contributed by atoms with E-state index in [4.69, 9.17) is 0 Å². The molecule has 0 aliphatic carbocycles. The zero-order chi connectivity index (χ0) is 8.32. The van der Waals surface area contributed by atoms with E-state index < -0.39 is 12.5 Å². The van der Waals surface area contributed by atoms with Gasteiger partial charge in [-0.3, -0.25) is 4.90 Å². The van der Waals surface area contributed by atoms with Crippen LogP contribution in [0.1, 0.15) is 6.92 Å². The molecule has 4 heteroatoms. The first-order chi connectivity index (χ1) is 5.17. The monoisotopic (exact) mass is 163 g/mol. The average Bonchev–Trinajstić information content (AvgIpc) is 2.06. The molecule has 0 amide bonds. The highest BCUT2D eigenvalue weighted by molar-refractivity contribution is 4.78. The molecule has 2 nitrogen and oxygen atoms in total. The Morgan fingerprint density at radius 2 is 2.00 bits per heavy atom. The van der Waals surface area contributed by atoms with Crippen LogP contribution in [0.4, 0.5) is 8.78 Å². The van der Waals surface area contributed by atoms with Crippen LogP contribution in [-0.2, 0) is 0 Å². The number of piperazine rings is 1. The molecule has 65 valence electrons. The fourth-order valence-electron chi connectivity index (χ4n) is 1.16. The molecular formula is C7H13F2N2. The Morgan fingerprint density at radius 1 is 1.45 bits per heavy atom. The fourth-order valence-corrected chi connectivity index (χ4v) is 1.16. The minimum absolute atomic E-state index is 0.539. The van der Waals surface area contributed by atoms with Crippen molar-refractivity contribution in [1.29, 1.82) is 0 Å². The first-order valence-corrected chi connectivity index (χ1v) is 3.80. The Balaban J connectivity index is 2.43. The number of halogens is 2. The highest BCUT2D eigenvalue weighted by Gasteiger charge is 2.32. The summed E-state index contributed by atoms with van der Waals surface area (Å²) in [5.41, 5.74) is 0. The van der Waals surface area contributed by atoms with Gasteiger partial charge >= 0.3 is 0 Å². The van der Waals surface area contributed by atoms with E-state index in [1.54, 1.807) is 0 Å². The van der Waals surface area contributed by atoms with Crippen LogP contribution in [0.5, 0.6) is 0 Å². The predicted molar refractivity (Wildman–Crippen MR) is 38.9 cm³/mol. The van der Waals surface area contributed by atoms with E-state index in [0.717, 1.165) is 0 Å². The van der Waals surface area contributed by atoms with Crippen molar-refractivity contribution < 1.29 is 8.78 Å². The van der Waals surface area contributed by atoms with E-state index in [1.807, 2.05) is 0 Å². The number of alkyl halides is 2. The molecule has 1 heterocycles. The van der Waals surface area contributed by atoms with E-state index >= 15 is 0 Å². The Hall–Kier alpha value is -0.220. The quantitative estimate of drug-likeness (QED) is 0.544. The van der Waals surface area contributed by atoms with Crippen molar-refractivity contribution in [3.63, 3.8) is 0 Å². The maximum Gasteiger partial charge on any atom is 0.189 e. The van der Waals surface area contributed by atoms with Gasteiger partial charge in [-0.1, -0.05) is 0 Å². The molecule has 1 aliphatic rings. The maximum absolute atomic E-state index is 13.2. The molecule has 1 rings (SSSR count). The summed E-state index contributed by atoms with van der Waals surface area (Å²) in [6.07, 6.45) is 0. The molecule has 1 fully saturated rings. The molecule has 1 saturated heterocycles. The van der Waals surface area contributed by atoms with Gasteiger partial charge in [0.25, 0.3) is 0 Å². The lowest BCUT2D eigenvalue weighted by molar-refractivity contribution is -0.0438. The Labute approximate surface area is 65.6 Å². The van der Waals surface area contributed by atoms with Crippen molar-refractivity contribution in [3.05, 3.63) is 0 Å². The molecule has 1 radical (unpaired) electrons. The molecule has 0 aromatic carbocycles. The highest BCUT2D eigenvalue weighted by atomic mass is 19.2. The Kier molecular flexibility index (Phi) is 2.78. The van der Waals surface area contributed by atoms with Crippen LogP contribution in [0.2, 0.25) is 0 Å². The van der Waals surface area contributed by atoms with Gasteiger partial charge in [-0.25, -0.2) is 14.1 Å². The third-order valence-corrected chi connectivity index (χ3v) is 1.96. The van der Waals surface area contributed by atoms with E-state index in [1.165, 1.54) is 11.8 Å². The zero-order valence-corrected chi connectivity index (χ0v) is 6.69. The van der Waals surface area contributed by atoms with E-state index in [-0.39, 0.29) is 0 Å². The number of rotatable bonds is 2. The summed E-state index contributed by atoms with van der Waals surface area (Å²) >= 11 is 0. The Bertz CT molecular complexity index is 122. The van der Waals surface area contributed by atoms with Gasteiger partial charge in [0.05, 0.1) is 0 Å². The first-order valence-electron chi connectivity index (χ1n) is 3.80. The van der Waals surface area contributed by atoms with Gasteiger partial charge in [0.1, 0.15) is 6.67 Å². The van der Waals surface area contributed by atoms with Crippen LogP contribution in [0.25, 0.3) is 0 Å². The molecule has 0 aromatic rings. The molecule has 0 spiro atoms. The molecule has 0 aromatic heterocycles. The van der Waals surface area contributed by atoms with Gasteiger partial charge in [0.15, 0.2) is 5.79 Å². The van der Waals surface area contributed by atoms with Gasteiger partial charge in [-0.05, 0) is 6.92 Å². The lowest BCUT2D eigenvalue weighted by Crippen LogP contribution is -2.52. The van der Waals surface area contributed by atoms with Crippen LogP contribution in [0, 0.1) is 0 Å². The number of hydrogen-bond acceptors (Lipinski definition) is 1. The fraction of sp³-hybridized carbons (Fsp3) is 1.00. The summed E-state index contributed by atoms with van der Waals surface area (Å²) in [5.74, 6) is -1.78. The normalized spacial score (nSPS) is 26.5. The van der Waals surface area contributed by atoms with Crippen LogP contribution in [-0.4, -0.2) is 43.5 Å². The van der Waals surface area contributed by atoms with E-state index in [9.17, 15) is 8.78 Å². The van der Waals surface area contributed by atoms with Crippen molar-refractivity contribution in [2.45, 2.75) is 12.7 Å². The number of hydrogen-bond donors (Lipinski definition) is 0. The lowest BCUT2D eigenvalue weighted by atomic mass is 10.2. The van der Waals surface area contributed by atoms with Gasteiger partial charge < -0.3 is 0 Å². The molecular weight excluding hydrogens is 150 g/mol. The summed E-state index contributed by atoms with van der Waals surface area (Å²) in [6, 6.07) is 0. The minimum Gasteiger partial charge on any atom is -0.267 e. The SMILES string of the molecule is CC(F)(CF)N1CC[N]CC1. The smallest absolute Gasteiger partial charge is 0.189 e. The summed E-state index contributed by atoms with van der Waals surface area (Å²) in [6.45, 7) is 2.66. The Morgan fingerprint density at radius 3 is 2.45 bits per heavy atom. The van der Waals surface area contributed by atoms with Crippen LogP contribution < -0.4 is 5.32 Å². The van der Waals surface area contributed by atoms with Crippen molar-refractivity contribution in [1.82, 2.24) is 10.2 Å². The second-order valence-corrected chi connectivity index (χ2v) is 2.93. The lowest BCUT2D eigenvalue weighted by Gasteiger charge is -2.35. The van der Waals surface area contributed by atoms with E-state index in [0.29, 0.717) is 26.2 Å². The van der Waals surface area contributed by atoms with Crippen molar-refractivity contribution in [2.75, 3.05) is 32.9 Å². The minimum atomic E-state index is -1.78. The predicted octanol–water partition coefficient (Wildman–Crippen LogP) is 0.562.